The van der Waals surface area contributed by atoms with Crippen LogP contribution in [0.2, 0.25) is 0 Å². The number of hydrogen-bond donors (Lipinski definition) is 1. The van der Waals surface area contributed by atoms with Gasteiger partial charge < -0.3 is 15.1 Å². The third-order valence-electron chi connectivity index (χ3n) is 7.14. The van der Waals surface area contributed by atoms with E-state index in [0.717, 1.165) is 63.1 Å². The van der Waals surface area contributed by atoms with E-state index in [1.54, 1.807) is 10.6 Å². The number of aromatic nitrogens is 6. The van der Waals surface area contributed by atoms with Crippen LogP contribution in [0.3, 0.4) is 0 Å². The predicted octanol–water partition coefficient (Wildman–Crippen LogP) is 2.75. The fraction of sp³-hybridized carbons (Fsp3) is 0.458. The van der Waals surface area contributed by atoms with E-state index in [1.165, 1.54) is 5.69 Å². The van der Waals surface area contributed by atoms with Crippen molar-refractivity contribution >= 4 is 34.1 Å². The topological polar surface area (TPSA) is 96.5 Å². The van der Waals surface area contributed by atoms with Gasteiger partial charge in [0.25, 0.3) is 5.56 Å². The second kappa shape index (κ2) is 8.35. The Morgan fingerprint density at radius 1 is 0.971 bits per heavy atom. The second-order valence-corrected chi connectivity index (χ2v) is 9.38. The highest BCUT2D eigenvalue weighted by Gasteiger charge is 2.25. The number of benzene rings is 1. The van der Waals surface area contributed by atoms with Gasteiger partial charge in [0.15, 0.2) is 5.65 Å². The summed E-state index contributed by atoms with van der Waals surface area (Å²) in [7, 11) is 2.16. The van der Waals surface area contributed by atoms with Crippen LogP contribution in [0, 0.1) is 6.92 Å². The fourth-order valence-corrected chi connectivity index (χ4v) is 5.21. The molecule has 6 rings (SSSR count). The van der Waals surface area contributed by atoms with Gasteiger partial charge in [-0.2, -0.15) is 4.98 Å². The molecule has 1 N–H and O–H groups in total. The van der Waals surface area contributed by atoms with Crippen molar-refractivity contribution in [1.82, 2.24) is 34.0 Å². The van der Waals surface area contributed by atoms with Crippen LogP contribution in [-0.4, -0.2) is 67.3 Å². The van der Waals surface area contributed by atoms with Gasteiger partial charge in [0.1, 0.15) is 11.3 Å². The Labute approximate surface area is 197 Å². The zero-order chi connectivity index (χ0) is 23.2. The summed E-state index contributed by atoms with van der Waals surface area (Å²) < 4.78 is 3.58. The number of nitrogens with zero attached hydrogens (tertiary/aromatic N) is 8. The smallest absolute Gasteiger partial charge is 0.298 e. The van der Waals surface area contributed by atoms with Gasteiger partial charge in [0.05, 0.1) is 6.20 Å². The lowest BCUT2D eigenvalue weighted by molar-refractivity contribution is 0.313. The van der Waals surface area contributed by atoms with Crippen LogP contribution in [0.5, 0.6) is 0 Å². The van der Waals surface area contributed by atoms with Crippen LogP contribution in [-0.2, 0) is 0 Å². The van der Waals surface area contributed by atoms with Crippen molar-refractivity contribution in [2.45, 2.75) is 38.6 Å². The molecule has 34 heavy (non-hydrogen) atoms. The molecule has 1 saturated carbocycles. The molecule has 1 aromatic carbocycles. The maximum Gasteiger partial charge on any atom is 0.298 e. The molecule has 4 aromatic rings. The van der Waals surface area contributed by atoms with Gasteiger partial charge in [-0.1, -0.05) is 12.8 Å². The first-order chi connectivity index (χ1) is 16.6. The van der Waals surface area contributed by atoms with E-state index in [1.807, 2.05) is 11.5 Å². The summed E-state index contributed by atoms with van der Waals surface area (Å²) in [5.74, 6) is 1.12. The first kappa shape index (κ1) is 21.0. The third-order valence-corrected chi connectivity index (χ3v) is 7.14. The predicted molar refractivity (Wildman–Crippen MR) is 132 cm³/mol. The van der Waals surface area contributed by atoms with Crippen molar-refractivity contribution in [3.63, 3.8) is 0 Å². The molecule has 0 radical (unpaired) electrons. The van der Waals surface area contributed by atoms with Crippen LogP contribution >= 0.6 is 0 Å². The Balaban J connectivity index is 1.36. The van der Waals surface area contributed by atoms with Crippen LogP contribution < -0.4 is 15.8 Å². The Kier molecular flexibility index (Phi) is 5.17. The second-order valence-electron chi connectivity index (χ2n) is 9.38. The molecule has 176 valence electrons. The Morgan fingerprint density at radius 3 is 2.44 bits per heavy atom. The average molecular weight is 460 g/mol. The molecule has 4 heterocycles. The van der Waals surface area contributed by atoms with Crippen molar-refractivity contribution in [1.29, 1.82) is 0 Å². The van der Waals surface area contributed by atoms with Gasteiger partial charge in [0.2, 0.25) is 11.6 Å². The van der Waals surface area contributed by atoms with Gasteiger partial charge in [-0.05, 0) is 51.1 Å². The summed E-state index contributed by atoms with van der Waals surface area (Å²) in [5.41, 5.74) is 3.70. The number of aryl methyl sites for hydroxylation is 1. The normalized spacial score (nSPS) is 17.8. The average Bonchev–Trinajstić information content (AvgIpc) is 3.51. The molecule has 2 fully saturated rings. The highest BCUT2D eigenvalue weighted by atomic mass is 16.1. The molecule has 0 bridgehead atoms. The van der Waals surface area contributed by atoms with Gasteiger partial charge in [0, 0.05) is 43.6 Å². The molecule has 0 amide bonds. The minimum absolute atomic E-state index is 0.127. The van der Waals surface area contributed by atoms with Gasteiger partial charge in [-0.3, -0.25) is 13.8 Å². The summed E-state index contributed by atoms with van der Waals surface area (Å²) in [6.07, 6.45) is 5.94. The molecule has 2 aliphatic rings. The Morgan fingerprint density at radius 2 is 1.71 bits per heavy atom. The highest BCUT2D eigenvalue weighted by Crippen LogP contribution is 2.31. The summed E-state index contributed by atoms with van der Waals surface area (Å²) in [6, 6.07) is 8.50. The minimum Gasteiger partial charge on any atom is -0.369 e. The van der Waals surface area contributed by atoms with Gasteiger partial charge in [-0.25, -0.2) is 4.98 Å². The number of rotatable bonds is 4. The summed E-state index contributed by atoms with van der Waals surface area (Å²) in [4.78, 5) is 27.5. The van der Waals surface area contributed by atoms with E-state index in [0.29, 0.717) is 23.1 Å². The number of anilines is 3. The summed E-state index contributed by atoms with van der Waals surface area (Å²) >= 11 is 0. The molecular formula is C24H29N9O. The van der Waals surface area contributed by atoms with Crippen molar-refractivity contribution < 1.29 is 0 Å². The lowest BCUT2D eigenvalue weighted by Gasteiger charge is -2.34. The van der Waals surface area contributed by atoms with E-state index in [2.05, 4.69) is 61.6 Å². The minimum atomic E-state index is -0.138. The first-order valence-corrected chi connectivity index (χ1v) is 12.0. The number of piperazine rings is 1. The number of nitrogens with one attached hydrogen (secondary N) is 1. The van der Waals surface area contributed by atoms with Crippen molar-refractivity contribution in [3.8, 4) is 0 Å². The van der Waals surface area contributed by atoms with E-state index in [4.69, 9.17) is 4.98 Å². The maximum atomic E-state index is 13.4. The molecule has 0 spiro atoms. The first-order valence-electron chi connectivity index (χ1n) is 12.0. The van der Waals surface area contributed by atoms with Gasteiger partial charge in [-0.15, -0.1) is 10.2 Å². The lowest BCUT2D eigenvalue weighted by atomic mass is 10.2. The van der Waals surface area contributed by atoms with Crippen molar-refractivity contribution in [3.05, 3.63) is 46.6 Å². The molecule has 10 nitrogen and oxygen atoms in total. The monoisotopic (exact) mass is 459 g/mol. The molecule has 3 aromatic heterocycles. The molecule has 0 atom stereocenters. The van der Waals surface area contributed by atoms with E-state index in [-0.39, 0.29) is 11.6 Å². The Bertz CT molecular complexity index is 1390. The van der Waals surface area contributed by atoms with Crippen LogP contribution in [0.15, 0.2) is 35.3 Å². The standard InChI is InChI=1S/C24H29N9O/c1-16-28-29-22-23(34)33(19-5-3-4-6-19)21-20(32(16)22)15-25-24(27-21)26-17-7-9-18(10-8-17)31-13-11-30(2)12-14-31/h7-10,15,19H,3-6,11-14H2,1-2H3,(H,25,26,27). The zero-order valence-corrected chi connectivity index (χ0v) is 19.6. The van der Waals surface area contributed by atoms with Crippen LogP contribution in [0.4, 0.5) is 17.3 Å². The van der Waals surface area contributed by atoms with E-state index < -0.39 is 0 Å². The maximum absolute atomic E-state index is 13.4. The molecule has 1 saturated heterocycles. The summed E-state index contributed by atoms with van der Waals surface area (Å²) in [5, 5.41) is 11.6. The number of fused-ring (bicyclic) bond motifs is 3. The summed E-state index contributed by atoms with van der Waals surface area (Å²) in [6.45, 7) is 6.06. The highest BCUT2D eigenvalue weighted by molar-refractivity contribution is 5.75. The van der Waals surface area contributed by atoms with Gasteiger partial charge >= 0.3 is 0 Å². The number of likely N-dealkylation sites (N-methyl/N-ethyl adjacent to an activating group) is 1. The molecule has 1 aliphatic heterocycles. The number of hydrogen-bond acceptors (Lipinski definition) is 8. The van der Waals surface area contributed by atoms with E-state index >= 15 is 0 Å². The van der Waals surface area contributed by atoms with Crippen LogP contribution in [0.1, 0.15) is 37.5 Å². The third kappa shape index (κ3) is 3.58. The molecular weight excluding hydrogens is 430 g/mol. The largest absolute Gasteiger partial charge is 0.369 e. The fourth-order valence-electron chi connectivity index (χ4n) is 5.21. The SMILES string of the molecule is Cc1nnc2c(=O)n(C3CCCC3)c3nc(Nc4ccc(N5CCN(C)CC5)cc4)ncc3n12. The lowest BCUT2D eigenvalue weighted by Crippen LogP contribution is -2.44. The Hall–Kier alpha value is -3.53. The molecule has 0 unspecified atom stereocenters. The molecule has 10 heteroatoms. The van der Waals surface area contributed by atoms with Crippen molar-refractivity contribution in [2.75, 3.05) is 43.4 Å². The van der Waals surface area contributed by atoms with Crippen molar-refractivity contribution in [2.24, 2.45) is 0 Å². The zero-order valence-electron chi connectivity index (χ0n) is 19.6. The van der Waals surface area contributed by atoms with Crippen LogP contribution in [0.25, 0.3) is 16.8 Å². The van der Waals surface area contributed by atoms with E-state index in [9.17, 15) is 4.79 Å². The molecule has 1 aliphatic carbocycles. The quantitative estimate of drug-likeness (QED) is 0.498.